The van der Waals surface area contributed by atoms with E-state index in [1.165, 1.54) is 17.3 Å². The predicted molar refractivity (Wildman–Crippen MR) is 135 cm³/mol. The molecule has 0 bridgehead atoms. The van der Waals surface area contributed by atoms with E-state index in [-0.39, 0.29) is 42.5 Å². The minimum Gasteiger partial charge on any atom is -0.464 e. The Morgan fingerprint density at radius 1 is 1.18 bits per heavy atom. The summed E-state index contributed by atoms with van der Waals surface area (Å²) in [4.78, 5) is 42.7. The second-order valence-electron chi connectivity index (χ2n) is 9.03. The van der Waals surface area contributed by atoms with Crippen LogP contribution < -0.4 is 14.5 Å². The Labute approximate surface area is 220 Å². The Morgan fingerprint density at radius 3 is 2.61 bits per heavy atom. The number of piperazine rings is 1. The van der Waals surface area contributed by atoms with Crippen molar-refractivity contribution in [2.45, 2.75) is 32.5 Å². The number of carbonyl (C=O) groups excluding carboxylic acids is 2. The fourth-order valence-corrected chi connectivity index (χ4v) is 5.70. The molecule has 5 rings (SSSR count). The van der Waals surface area contributed by atoms with Crippen LogP contribution in [0.25, 0.3) is 11.3 Å². The Kier molecular flexibility index (Phi) is 6.95. The maximum Gasteiger partial charge on any atom is 0.443 e. The molecule has 2 amide bonds. The molecule has 2 aliphatic heterocycles. The molecule has 2 aromatic heterocycles. The number of fused-ring (bicyclic) bond motifs is 1. The first-order valence-electron chi connectivity index (χ1n) is 12.1. The lowest BCUT2D eigenvalue weighted by Gasteiger charge is -2.41. The number of carbonyl (C=O) groups is 2. The Hall–Kier alpha value is -3.74. The average molecular weight is 547 g/mol. The summed E-state index contributed by atoms with van der Waals surface area (Å²) in [6.07, 6.45) is -1.56. The van der Waals surface area contributed by atoms with Crippen LogP contribution in [0.15, 0.2) is 36.7 Å². The van der Waals surface area contributed by atoms with Crippen LogP contribution in [-0.4, -0.2) is 70.5 Å². The number of ether oxygens (including phenoxy) is 1. The summed E-state index contributed by atoms with van der Waals surface area (Å²) in [6.45, 7) is 4.81. The largest absolute Gasteiger partial charge is 0.464 e. The molecule has 1 atom stereocenters. The molecule has 0 saturated carbocycles. The number of alkyl halides is 3. The maximum absolute atomic E-state index is 13.6. The number of rotatable bonds is 6. The molecule has 9 nitrogen and oxygen atoms in total. The lowest BCUT2D eigenvalue weighted by Crippen LogP contribution is -2.56. The van der Waals surface area contributed by atoms with Gasteiger partial charge in [-0.05, 0) is 25.5 Å². The summed E-state index contributed by atoms with van der Waals surface area (Å²) in [5.74, 6) is -0.333. The minimum atomic E-state index is -4.61. The first kappa shape index (κ1) is 25.9. The van der Waals surface area contributed by atoms with Crippen molar-refractivity contribution in [2.75, 3.05) is 42.6 Å². The number of nitrogens with zero attached hydrogens (tertiary/aromatic N) is 6. The van der Waals surface area contributed by atoms with E-state index >= 15 is 0 Å². The molecular weight excluding hydrogens is 521 g/mol. The highest BCUT2D eigenvalue weighted by Gasteiger charge is 2.39. The number of thiazole rings is 1. The van der Waals surface area contributed by atoms with Crippen LogP contribution in [0.2, 0.25) is 0 Å². The molecule has 13 heteroatoms. The zero-order valence-electron chi connectivity index (χ0n) is 20.7. The zero-order valence-corrected chi connectivity index (χ0v) is 21.6. The molecule has 0 aliphatic carbocycles. The highest BCUT2D eigenvalue weighted by atomic mass is 32.1. The number of benzene rings is 1. The number of para-hydroxylation sites is 1. The highest BCUT2D eigenvalue weighted by Crippen LogP contribution is 2.43. The Balaban J connectivity index is 1.34. The van der Waals surface area contributed by atoms with E-state index in [1.807, 2.05) is 36.1 Å². The van der Waals surface area contributed by atoms with Gasteiger partial charge in [0.15, 0.2) is 0 Å². The van der Waals surface area contributed by atoms with Gasteiger partial charge in [-0.2, -0.15) is 13.2 Å². The number of anilines is 2. The van der Waals surface area contributed by atoms with Crippen molar-refractivity contribution >= 4 is 33.8 Å². The SMILES string of the molecule is CCOc1ncc(-c2nc(C(F)(F)F)sc2N2CCN(C(=O)CN3C(=O)Cc4ccccc43)[C@H](C)C2)cn1. The summed E-state index contributed by atoms with van der Waals surface area (Å²) in [7, 11) is 0. The zero-order chi connectivity index (χ0) is 27.0. The molecule has 4 heterocycles. The maximum atomic E-state index is 13.6. The highest BCUT2D eigenvalue weighted by molar-refractivity contribution is 7.16. The van der Waals surface area contributed by atoms with Gasteiger partial charge in [0.25, 0.3) is 0 Å². The minimum absolute atomic E-state index is 0.0757. The van der Waals surface area contributed by atoms with Gasteiger partial charge in [-0.3, -0.25) is 9.59 Å². The summed E-state index contributed by atoms with van der Waals surface area (Å²) < 4.78 is 46.0. The number of aromatic nitrogens is 3. The second kappa shape index (κ2) is 10.2. The van der Waals surface area contributed by atoms with Crippen molar-refractivity contribution in [3.8, 4) is 17.3 Å². The molecule has 3 aromatic rings. The van der Waals surface area contributed by atoms with Gasteiger partial charge in [0.1, 0.15) is 17.2 Å². The predicted octanol–water partition coefficient (Wildman–Crippen LogP) is 3.64. The third kappa shape index (κ3) is 5.02. The molecule has 0 radical (unpaired) electrons. The van der Waals surface area contributed by atoms with Gasteiger partial charge in [-0.25, -0.2) is 15.0 Å². The fourth-order valence-electron chi connectivity index (χ4n) is 4.71. The number of hydrogen-bond acceptors (Lipinski definition) is 8. The van der Waals surface area contributed by atoms with Gasteiger partial charge in [0, 0.05) is 49.3 Å². The second-order valence-corrected chi connectivity index (χ2v) is 10.0. The van der Waals surface area contributed by atoms with Crippen molar-refractivity contribution < 1.29 is 27.5 Å². The standard InChI is InChI=1S/C25H25F3N6O3S/c1-3-37-24-29-11-17(12-30-24)21-22(38-23(31-21)25(26,27)28)32-8-9-33(15(2)13-32)20(36)14-34-18-7-5-4-6-16(18)10-19(34)35/h4-7,11-12,15H,3,8-10,13-14H2,1-2H3/t15-/m1/s1. The van der Waals surface area contributed by atoms with Gasteiger partial charge in [-0.15, -0.1) is 0 Å². The van der Waals surface area contributed by atoms with Crippen LogP contribution in [0, 0.1) is 0 Å². The Bertz CT molecular complexity index is 1350. The molecule has 1 saturated heterocycles. The molecule has 1 fully saturated rings. The van der Waals surface area contributed by atoms with E-state index in [0.29, 0.717) is 48.1 Å². The molecule has 0 spiro atoms. The normalized spacial score (nSPS) is 17.7. The van der Waals surface area contributed by atoms with Crippen LogP contribution in [0.3, 0.4) is 0 Å². The lowest BCUT2D eigenvalue weighted by atomic mass is 10.1. The summed E-state index contributed by atoms with van der Waals surface area (Å²) >= 11 is 0.559. The van der Waals surface area contributed by atoms with Crippen LogP contribution >= 0.6 is 11.3 Å². The van der Waals surface area contributed by atoms with E-state index in [0.717, 1.165) is 11.3 Å². The van der Waals surface area contributed by atoms with E-state index in [1.54, 1.807) is 11.8 Å². The van der Waals surface area contributed by atoms with Crippen molar-refractivity contribution in [1.82, 2.24) is 19.9 Å². The fraction of sp³-hybridized carbons (Fsp3) is 0.400. The number of halogens is 3. The topological polar surface area (TPSA) is 91.8 Å². The van der Waals surface area contributed by atoms with Gasteiger partial charge in [0.2, 0.25) is 16.8 Å². The number of amides is 2. The van der Waals surface area contributed by atoms with Gasteiger partial charge >= 0.3 is 12.2 Å². The molecule has 1 aromatic carbocycles. The average Bonchev–Trinajstić information content (AvgIpc) is 3.47. The Morgan fingerprint density at radius 2 is 1.92 bits per heavy atom. The van der Waals surface area contributed by atoms with E-state index in [9.17, 15) is 22.8 Å². The monoisotopic (exact) mass is 546 g/mol. The van der Waals surface area contributed by atoms with Crippen LogP contribution in [0.1, 0.15) is 24.4 Å². The third-order valence-electron chi connectivity index (χ3n) is 6.48. The summed E-state index contributed by atoms with van der Waals surface area (Å²) in [6, 6.07) is 7.21. The molecule has 0 unspecified atom stereocenters. The molecule has 38 heavy (non-hydrogen) atoms. The van der Waals surface area contributed by atoms with Crippen molar-refractivity contribution in [3.63, 3.8) is 0 Å². The van der Waals surface area contributed by atoms with E-state index in [2.05, 4.69) is 15.0 Å². The van der Waals surface area contributed by atoms with Crippen LogP contribution in [-0.2, 0) is 22.2 Å². The van der Waals surface area contributed by atoms with Crippen LogP contribution in [0.5, 0.6) is 6.01 Å². The van der Waals surface area contributed by atoms with E-state index < -0.39 is 11.2 Å². The van der Waals surface area contributed by atoms with Crippen molar-refractivity contribution in [1.29, 1.82) is 0 Å². The number of hydrogen-bond donors (Lipinski definition) is 0. The molecule has 2 aliphatic rings. The van der Waals surface area contributed by atoms with Crippen molar-refractivity contribution in [3.05, 3.63) is 47.2 Å². The quantitative estimate of drug-likeness (QED) is 0.466. The van der Waals surface area contributed by atoms with E-state index in [4.69, 9.17) is 4.74 Å². The lowest BCUT2D eigenvalue weighted by molar-refractivity contribution is -0.137. The van der Waals surface area contributed by atoms with Gasteiger partial charge in [0.05, 0.1) is 13.0 Å². The first-order valence-corrected chi connectivity index (χ1v) is 12.9. The summed E-state index contributed by atoms with van der Waals surface area (Å²) in [5.41, 5.74) is 2.10. The van der Waals surface area contributed by atoms with Gasteiger partial charge in [-0.1, -0.05) is 29.5 Å². The summed E-state index contributed by atoms with van der Waals surface area (Å²) in [5, 5.41) is -0.624. The molecule has 200 valence electrons. The molecule has 0 N–H and O–H groups in total. The van der Waals surface area contributed by atoms with Gasteiger partial charge < -0.3 is 19.4 Å². The first-order chi connectivity index (χ1) is 18.2. The smallest absolute Gasteiger partial charge is 0.443 e. The third-order valence-corrected chi connectivity index (χ3v) is 7.64. The van der Waals surface area contributed by atoms with Crippen LogP contribution in [0.4, 0.5) is 23.9 Å². The van der Waals surface area contributed by atoms with Crippen molar-refractivity contribution in [2.24, 2.45) is 0 Å². The molecular formula is C25H25F3N6O3S.